The van der Waals surface area contributed by atoms with Crippen molar-refractivity contribution in [3.8, 4) is 11.5 Å². The second-order valence-electron chi connectivity index (χ2n) is 7.52. The van der Waals surface area contributed by atoms with Gasteiger partial charge in [-0.3, -0.25) is 4.79 Å². The van der Waals surface area contributed by atoms with Gasteiger partial charge in [0.25, 0.3) is 5.91 Å². The standard InChI is InChI=1S/C26H27N3O3/c1-31-23-15-14-20(17-24(23)32-2)26(30)27-16-8-13-25-28-21-11-6-7-12-22(21)29(25)18-19-9-4-3-5-10-19/h3-7,9-12,14-15,17H,8,13,16,18H2,1-2H3,(H,27,30). The van der Waals surface area contributed by atoms with Crippen LogP contribution < -0.4 is 14.8 Å². The number of fused-ring (bicyclic) bond motifs is 1. The number of rotatable bonds is 9. The molecule has 0 spiro atoms. The van der Waals surface area contributed by atoms with Crippen LogP contribution in [-0.4, -0.2) is 36.2 Å². The summed E-state index contributed by atoms with van der Waals surface area (Å²) in [5, 5.41) is 2.99. The number of imidazole rings is 1. The number of carbonyl (C=O) groups is 1. The van der Waals surface area contributed by atoms with Crippen molar-refractivity contribution in [2.45, 2.75) is 19.4 Å². The molecule has 32 heavy (non-hydrogen) atoms. The summed E-state index contributed by atoms with van der Waals surface area (Å²) in [6, 6.07) is 23.7. The van der Waals surface area contributed by atoms with Gasteiger partial charge in [-0.15, -0.1) is 0 Å². The first kappa shape index (κ1) is 21.4. The molecule has 4 rings (SSSR count). The zero-order chi connectivity index (χ0) is 22.3. The van der Waals surface area contributed by atoms with Gasteiger partial charge in [0, 0.05) is 25.1 Å². The number of aryl methyl sites for hydroxylation is 1. The maximum atomic E-state index is 12.5. The lowest BCUT2D eigenvalue weighted by Gasteiger charge is -2.11. The second kappa shape index (κ2) is 10.0. The van der Waals surface area contributed by atoms with Crippen molar-refractivity contribution in [2.24, 2.45) is 0 Å². The Kier molecular flexibility index (Phi) is 6.70. The monoisotopic (exact) mass is 429 g/mol. The highest BCUT2D eigenvalue weighted by Crippen LogP contribution is 2.27. The van der Waals surface area contributed by atoms with Crippen LogP contribution in [0, 0.1) is 0 Å². The largest absolute Gasteiger partial charge is 0.493 e. The van der Waals surface area contributed by atoms with Crippen molar-refractivity contribution >= 4 is 16.9 Å². The molecule has 1 N–H and O–H groups in total. The molecule has 0 aliphatic heterocycles. The van der Waals surface area contributed by atoms with Crippen molar-refractivity contribution in [2.75, 3.05) is 20.8 Å². The number of aromatic nitrogens is 2. The zero-order valence-corrected chi connectivity index (χ0v) is 18.4. The molecule has 0 saturated carbocycles. The van der Waals surface area contributed by atoms with Gasteiger partial charge in [0.1, 0.15) is 5.82 Å². The summed E-state index contributed by atoms with van der Waals surface area (Å²) in [6.45, 7) is 1.33. The fourth-order valence-corrected chi connectivity index (χ4v) is 3.79. The van der Waals surface area contributed by atoms with Crippen molar-refractivity contribution in [3.05, 3.63) is 89.7 Å². The summed E-state index contributed by atoms with van der Waals surface area (Å²) in [4.78, 5) is 17.4. The molecular formula is C26H27N3O3. The smallest absolute Gasteiger partial charge is 0.251 e. The van der Waals surface area contributed by atoms with Crippen molar-refractivity contribution in [1.82, 2.24) is 14.9 Å². The van der Waals surface area contributed by atoms with Gasteiger partial charge in [0.2, 0.25) is 0 Å². The van der Waals surface area contributed by atoms with Crippen LogP contribution in [0.5, 0.6) is 11.5 Å². The van der Waals surface area contributed by atoms with E-state index in [1.165, 1.54) is 5.56 Å². The molecule has 0 saturated heterocycles. The summed E-state index contributed by atoms with van der Waals surface area (Å²) >= 11 is 0. The lowest BCUT2D eigenvalue weighted by molar-refractivity contribution is 0.0952. The van der Waals surface area contributed by atoms with E-state index in [4.69, 9.17) is 14.5 Å². The van der Waals surface area contributed by atoms with Crippen LogP contribution in [0.25, 0.3) is 11.0 Å². The van der Waals surface area contributed by atoms with Crippen LogP contribution in [0.1, 0.15) is 28.2 Å². The van der Waals surface area contributed by atoms with Crippen molar-refractivity contribution < 1.29 is 14.3 Å². The number of nitrogens with zero attached hydrogens (tertiary/aromatic N) is 2. The average molecular weight is 430 g/mol. The molecule has 0 aliphatic carbocycles. The molecule has 164 valence electrons. The predicted molar refractivity (Wildman–Crippen MR) is 125 cm³/mol. The first-order valence-electron chi connectivity index (χ1n) is 10.7. The molecule has 4 aromatic rings. The zero-order valence-electron chi connectivity index (χ0n) is 18.4. The van der Waals surface area contributed by atoms with E-state index in [0.717, 1.165) is 36.2 Å². The highest BCUT2D eigenvalue weighted by Gasteiger charge is 2.13. The van der Waals surface area contributed by atoms with Gasteiger partial charge in [-0.1, -0.05) is 42.5 Å². The number of amides is 1. The molecular weight excluding hydrogens is 402 g/mol. The van der Waals surface area contributed by atoms with E-state index in [2.05, 4.69) is 40.2 Å². The Bertz CT molecular complexity index is 1200. The molecule has 0 radical (unpaired) electrons. The molecule has 0 bridgehead atoms. The summed E-state index contributed by atoms with van der Waals surface area (Å²) in [6.07, 6.45) is 1.56. The van der Waals surface area contributed by atoms with Gasteiger partial charge in [-0.25, -0.2) is 4.98 Å². The van der Waals surface area contributed by atoms with Gasteiger partial charge in [0.05, 0.1) is 25.3 Å². The maximum absolute atomic E-state index is 12.5. The van der Waals surface area contributed by atoms with Crippen molar-refractivity contribution in [1.29, 1.82) is 0 Å². The number of hydrogen-bond donors (Lipinski definition) is 1. The minimum absolute atomic E-state index is 0.135. The fraction of sp³-hybridized carbons (Fsp3) is 0.231. The number of para-hydroxylation sites is 2. The summed E-state index contributed by atoms with van der Waals surface area (Å²) in [5.41, 5.74) is 3.89. The molecule has 0 fully saturated rings. The normalized spacial score (nSPS) is 10.8. The van der Waals surface area contributed by atoms with E-state index in [0.29, 0.717) is 23.6 Å². The number of ether oxygens (including phenoxy) is 2. The average Bonchev–Trinajstić information content (AvgIpc) is 3.19. The number of nitrogens with one attached hydrogen (secondary N) is 1. The Morgan fingerprint density at radius 2 is 1.69 bits per heavy atom. The molecule has 1 amide bonds. The molecule has 1 aromatic heterocycles. The van der Waals surface area contributed by atoms with Gasteiger partial charge in [-0.05, 0) is 42.3 Å². The maximum Gasteiger partial charge on any atom is 0.251 e. The van der Waals surface area contributed by atoms with E-state index in [1.807, 2.05) is 24.3 Å². The quantitative estimate of drug-likeness (QED) is 0.399. The van der Waals surface area contributed by atoms with Gasteiger partial charge in [0.15, 0.2) is 11.5 Å². The SMILES string of the molecule is COc1ccc(C(=O)NCCCc2nc3ccccc3n2Cc2ccccc2)cc1OC. The fourth-order valence-electron chi connectivity index (χ4n) is 3.79. The molecule has 0 unspecified atom stereocenters. The number of benzene rings is 3. The Morgan fingerprint density at radius 1 is 0.938 bits per heavy atom. The third kappa shape index (κ3) is 4.75. The Hall–Kier alpha value is -3.80. The minimum Gasteiger partial charge on any atom is -0.493 e. The van der Waals surface area contributed by atoms with Crippen LogP contribution in [0.2, 0.25) is 0 Å². The topological polar surface area (TPSA) is 65.4 Å². The molecule has 6 nitrogen and oxygen atoms in total. The Balaban J connectivity index is 1.41. The number of methoxy groups -OCH3 is 2. The van der Waals surface area contributed by atoms with Crippen LogP contribution in [0.4, 0.5) is 0 Å². The Labute approximate surface area is 187 Å². The molecule has 0 aliphatic rings. The summed E-state index contributed by atoms with van der Waals surface area (Å²) < 4.78 is 12.8. The second-order valence-corrected chi connectivity index (χ2v) is 7.52. The third-order valence-electron chi connectivity index (χ3n) is 5.43. The van der Waals surface area contributed by atoms with E-state index >= 15 is 0 Å². The van der Waals surface area contributed by atoms with E-state index in [-0.39, 0.29) is 5.91 Å². The predicted octanol–water partition coefficient (Wildman–Crippen LogP) is 4.46. The highest BCUT2D eigenvalue weighted by molar-refractivity contribution is 5.94. The van der Waals surface area contributed by atoms with Crippen LogP contribution in [-0.2, 0) is 13.0 Å². The summed E-state index contributed by atoms with van der Waals surface area (Å²) in [5.74, 6) is 2.02. The van der Waals surface area contributed by atoms with Gasteiger partial charge < -0.3 is 19.4 Å². The van der Waals surface area contributed by atoms with Gasteiger partial charge >= 0.3 is 0 Å². The minimum atomic E-state index is -0.135. The lowest BCUT2D eigenvalue weighted by Crippen LogP contribution is -2.25. The first-order valence-corrected chi connectivity index (χ1v) is 10.7. The highest BCUT2D eigenvalue weighted by atomic mass is 16.5. The van der Waals surface area contributed by atoms with Crippen molar-refractivity contribution in [3.63, 3.8) is 0 Å². The first-order chi connectivity index (χ1) is 15.7. The Morgan fingerprint density at radius 3 is 2.47 bits per heavy atom. The molecule has 0 atom stereocenters. The van der Waals surface area contributed by atoms with Crippen LogP contribution >= 0.6 is 0 Å². The van der Waals surface area contributed by atoms with E-state index in [9.17, 15) is 4.79 Å². The molecule has 3 aromatic carbocycles. The van der Waals surface area contributed by atoms with Crippen LogP contribution in [0.3, 0.4) is 0 Å². The van der Waals surface area contributed by atoms with E-state index in [1.54, 1.807) is 32.4 Å². The number of carbonyl (C=O) groups excluding carboxylic acids is 1. The molecule has 6 heteroatoms. The van der Waals surface area contributed by atoms with Gasteiger partial charge in [-0.2, -0.15) is 0 Å². The van der Waals surface area contributed by atoms with E-state index < -0.39 is 0 Å². The summed E-state index contributed by atoms with van der Waals surface area (Å²) in [7, 11) is 3.13. The third-order valence-corrected chi connectivity index (χ3v) is 5.43. The number of hydrogen-bond acceptors (Lipinski definition) is 4. The molecule has 1 heterocycles. The van der Waals surface area contributed by atoms with Crippen LogP contribution in [0.15, 0.2) is 72.8 Å². The lowest BCUT2D eigenvalue weighted by atomic mass is 10.2.